The number of nitrogens with one attached hydrogen (secondary N) is 1. The Bertz CT molecular complexity index is 419. The maximum Gasteiger partial charge on any atom is 0.0993 e. The van der Waals surface area contributed by atoms with Crippen LogP contribution in [0.5, 0.6) is 0 Å². The summed E-state index contributed by atoms with van der Waals surface area (Å²) in [6.45, 7) is 1.90. The summed E-state index contributed by atoms with van der Waals surface area (Å²) in [6, 6.07) is 5.72. The maximum absolute atomic E-state index is 8.88. The van der Waals surface area contributed by atoms with Crippen molar-refractivity contribution in [1.29, 1.82) is 5.26 Å². The van der Waals surface area contributed by atoms with Gasteiger partial charge in [0.1, 0.15) is 0 Å². The van der Waals surface area contributed by atoms with Gasteiger partial charge in [0.05, 0.1) is 28.7 Å². The molecule has 1 aromatic carbocycles. The first kappa shape index (κ1) is 9.66. The number of nitrogen functional groups attached to an aromatic ring is 1. The average molecular weight is 202 g/mol. The van der Waals surface area contributed by atoms with Crippen molar-refractivity contribution in [3.8, 4) is 6.07 Å². The van der Waals surface area contributed by atoms with Crippen molar-refractivity contribution >= 4 is 17.1 Å². The zero-order valence-electron chi connectivity index (χ0n) is 8.75. The van der Waals surface area contributed by atoms with Crippen molar-refractivity contribution in [3.05, 3.63) is 17.7 Å². The topological polar surface area (TPSA) is 65.1 Å². The van der Waals surface area contributed by atoms with E-state index in [4.69, 9.17) is 11.0 Å². The molecule has 0 aliphatic carbocycles. The van der Waals surface area contributed by atoms with Crippen molar-refractivity contribution in [2.45, 2.75) is 6.42 Å². The van der Waals surface area contributed by atoms with Gasteiger partial charge in [0.15, 0.2) is 0 Å². The molecule has 4 heteroatoms. The number of hydrogen-bond acceptors (Lipinski definition) is 4. The van der Waals surface area contributed by atoms with Crippen LogP contribution in [-0.4, -0.2) is 20.1 Å². The van der Waals surface area contributed by atoms with E-state index < -0.39 is 0 Å². The molecular weight excluding hydrogens is 188 g/mol. The number of fused-ring (bicyclic) bond motifs is 1. The van der Waals surface area contributed by atoms with Gasteiger partial charge >= 0.3 is 0 Å². The van der Waals surface area contributed by atoms with E-state index in [1.54, 1.807) is 6.07 Å². The van der Waals surface area contributed by atoms with Crippen LogP contribution in [0.2, 0.25) is 0 Å². The second-order valence-corrected chi connectivity index (χ2v) is 3.77. The van der Waals surface area contributed by atoms with Crippen LogP contribution in [0.4, 0.5) is 17.1 Å². The Kier molecular flexibility index (Phi) is 2.38. The molecule has 0 amide bonds. The van der Waals surface area contributed by atoms with E-state index in [2.05, 4.69) is 16.3 Å². The van der Waals surface area contributed by atoms with Gasteiger partial charge in [-0.05, 0) is 18.6 Å². The number of nitrogens with two attached hydrogens (primary N) is 1. The molecule has 0 spiro atoms. The monoisotopic (exact) mass is 202 g/mol. The van der Waals surface area contributed by atoms with E-state index in [9.17, 15) is 0 Å². The fourth-order valence-corrected chi connectivity index (χ4v) is 1.86. The molecule has 0 atom stereocenters. The molecule has 0 saturated heterocycles. The van der Waals surface area contributed by atoms with E-state index in [0.717, 1.165) is 30.9 Å². The Morgan fingerprint density at radius 1 is 1.53 bits per heavy atom. The number of anilines is 3. The molecule has 2 rings (SSSR count). The predicted molar refractivity (Wildman–Crippen MR) is 61.9 cm³/mol. The fraction of sp³-hybridized carbons (Fsp3) is 0.364. The van der Waals surface area contributed by atoms with E-state index in [1.807, 2.05) is 13.1 Å². The Balaban J connectivity index is 2.56. The third-order valence-electron chi connectivity index (χ3n) is 2.66. The van der Waals surface area contributed by atoms with Crippen LogP contribution >= 0.6 is 0 Å². The first-order valence-corrected chi connectivity index (χ1v) is 5.01. The maximum atomic E-state index is 8.88. The van der Waals surface area contributed by atoms with Gasteiger partial charge < -0.3 is 16.0 Å². The standard InChI is InChI=1S/C11H14N4/c1-15-4-2-3-14-11-9(13)5-8(7-12)6-10(11)15/h5-6,14H,2-4,13H2,1H3. The smallest absolute Gasteiger partial charge is 0.0993 e. The van der Waals surface area contributed by atoms with Gasteiger partial charge in [-0.2, -0.15) is 5.26 Å². The minimum atomic E-state index is 0.613. The lowest BCUT2D eigenvalue weighted by atomic mass is 10.1. The van der Waals surface area contributed by atoms with E-state index in [1.165, 1.54) is 0 Å². The van der Waals surface area contributed by atoms with Crippen LogP contribution in [-0.2, 0) is 0 Å². The summed E-state index contributed by atoms with van der Waals surface area (Å²) in [5, 5.41) is 12.2. The van der Waals surface area contributed by atoms with Crippen molar-refractivity contribution in [1.82, 2.24) is 0 Å². The molecule has 0 saturated carbocycles. The second kappa shape index (κ2) is 3.70. The van der Waals surface area contributed by atoms with Crippen molar-refractivity contribution in [3.63, 3.8) is 0 Å². The Morgan fingerprint density at radius 2 is 2.33 bits per heavy atom. The van der Waals surface area contributed by atoms with Gasteiger partial charge in [-0.1, -0.05) is 0 Å². The Hall–Kier alpha value is -1.89. The molecule has 78 valence electrons. The molecule has 15 heavy (non-hydrogen) atoms. The molecule has 1 aromatic rings. The van der Waals surface area contributed by atoms with Crippen LogP contribution < -0.4 is 16.0 Å². The van der Waals surface area contributed by atoms with Crippen LogP contribution in [0, 0.1) is 11.3 Å². The van der Waals surface area contributed by atoms with Gasteiger partial charge in [-0.3, -0.25) is 0 Å². The van der Waals surface area contributed by atoms with Crippen LogP contribution in [0.25, 0.3) is 0 Å². The zero-order valence-corrected chi connectivity index (χ0v) is 8.75. The minimum absolute atomic E-state index is 0.613. The van der Waals surface area contributed by atoms with Gasteiger partial charge in [-0.15, -0.1) is 0 Å². The lowest BCUT2D eigenvalue weighted by Crippen LogP contribution is -2.17. The normalized spacial score (nSPS) is 14.8. The van der Waals surface area contributed by atoms with Crippen molar-refractivity contribution in [2.24, 2.45) is 0 Å². The summed E-state index contributed by atoms with van der Waals surface area (Å²) < 4.78 is 0. The van der Waals surface area contributed by atoms with Crippen LogP contribution in [0.15, 0.2) is 12.1 Å². The highest BCUT2D eigenvalue weighted by molar-refractivity contribution is 5.83. The molecule has 0 fully saturated rings. The largest absolute Gasteiger partial charge is 0.397 e. The molecule has 3 N–H and O–H groups in total. The average Bonchev–Trinajstić information content (AvgIpc) is 2.41. The summed E-state index contributed by atoms with van der Waals surface area (Å²) >= 11 is 0. The van der Waals surface area contributed by atoms with E-state index in [0.29, 0.717) is 11.3 Å². The number of rotatable bonds is 0. The molecule has 4 nitrogen and oxygen atoms in total. The highest BCUT2D eigenvalue weighted by Gasteiger charge is 2.15. The second-order valence-electron chi connectivity index (χ2n) is 3.77. The summed E-state index contributed by atoms with van der Waals surface area (Å²) in [6.07, 6.45) is 1.08. The van der Waals surface area contributed by atoms with Crippen molar-refractivity contribution in [2.75, 3.05) is 36.1 Å². The Morgan fingerprint density at radius 3 is 3.07 bits per heavy atom. The Labute approximate surface area is 89.3 Å². The van der Waals surface area contributed by atoms with Gasteiger partial charge in [-0.25, -0.2) is 0 Å². The first-order valence-electron chi connectivity index (χ1n) is 5.01. The molecule has 0 aromatic heterocycles. The third-order valence-corrected chi connectivity index (χ3v) is 2.66. The number of hydrogen-bond donors (Lipinski definition) is 2. The summed E-state index contributed by atoms with van der Waals surface area (Å²) in [7, 11) is 2.02. The summed E-state index contributed by atoms with van der Waals surface area (Å²) in [4.78, 5) is 2.13. The lowest BCUT2D eigenvalue weighted by molar-refractivity contribution is 0.837. The molecule has 1 heterocycles. The van der Waals surface area contributed by atoms with E-state index in [-0.39, 0.29) is 0 Å². The lowest BCUT2D eigenvalue weighted by Gasteiger charge is -2.20. The van der Waals surface area contributed by atoms with E-state index >= 15 is 0 Å². The van der Waals surface area contributed by atoms with Crippen LogP contribution in [0.3, 0.4) is 0 Å². The quantitative estimate of drug-likeness (QED) is 0.624. The zero-order chi connectivity index (χ0) is 10.8. The number of nitrogens with zero attached hydrogens (tertiary/aromatic N) is 2. The highest BCUT2D eigenvalue weighted by Crippen LogP contribution is 2.34. The third kappa shape index (κ3) is 1.68. The van der Waals surface area contributed by atoms with Crippen molar-refractivity contribution < 1.29 is 0 Å². The van der Waals surface area contributed by atoms with Gasteiger partial charge in [0.2, 0.25) is 0 Å². The van der Waals surface area contributed by atoms with Crippen LogP contribution in [0.1, 0.15) is 12.0 Å². The van der Waals surface area contributed by atoms with Gasteiger partial charge in [0, 0.05) is 20.1 Å². The predicted octanol–water partition coefficient (Wildman–Crippen LogP) is 1.39. The summed E-state index contributed by atoms with van der Waals surface area (Å²) in [5.41, 5.74) is 9.14. The first-order chi connectivity index (χ1) is 7.22. The number of nitriles is 1. The molecule has 0 unspecified atom stereocenters. The SMILES string of the molecule is CN1CCCNc2c(N)cc(C#N)cc21. The molecule has 1 aliphatic heterocycles. The molecule has 0 radical (unpaired) electrons. The van der Waals surface area contributed by atoms with Gasteiger partial charge in [0.25, 0.3) is 0 Å². The summed E-state index contributed by atoms with van der Waals surface area (Å²) in [5.74, 6) is 0. The molecule has 0 bridgehead atoms. The highest BCUT2D eigenvalue weighted by atomic mass is 15.1. The molecular formula is C11H14N4. The minimum Gasteiger partial charge on any atom is -0.397 e. The molecule has 1 aliphatic rings. The number of benzene rings is 1. The fourth-order valence-electron chi connectivity index (χ4n) is 1.86.